The number of nitrogens with one attached hydrogen (secondary N) is 1. The lowest BCUT2D eigenvalue weighted by Crippen LogP contribution is -2.42. The molecule has 32 heavy (non-hydrogen) atoms. The van der Waals surface area contributed by atoms with E-state index in [4.69, 9.17) is 14.2 Å². The zero-order valence-electron chi connectivity index (χ0n) is 17.4. The van der Waals surface area contributed by atoms with E-state index in [-0.39, 0.29) is 20.0 Å². The van der Waals surface area contributed by atoms with Crippen LogP contribution in [0.3, 0.4) is 0 Å². The first kappa shape index (κ1) is 23.0. The molecule has 7 heteroatoms. The Morgan fingerprint density at radius 2 is 1.31 bits per heavy atom. The van der Waals surface area contributed by atoms with Crippen molar-refractivity contribution in [1.82, 2.24) is 5.32 Å². The normalized spacial score (nSPS) is 12.5. The monoisotopic (exact) mass is 435 g/mol. The first-order chi connectivity index (χ1) is 15.6. The fourth-order valence-electron chi connectivity index (χ4n) is 3.05. The van der Waals surface area contributed by atoms with Gasteiger partial charge in [-0.15, -0.1) is 0 Å². The van der Waals surface area contributed by atoms with Gasteiger partial charge in [-0.1, -0.05) is 91.0 Å². The molecule has 0 heterocycles. The lowest BCUT2D eigenvalue weighted by molar-refractivity contribution is -0.165. The van der Waals surface area contributed by atoms with Crippen LogP contribution >= 0.6 is 0 Å². The Balaban J connectivity index is 1.63. The highest BCUT2D eigenvalue weighted by molar-refractivity contribution is 5.76. The second-order valence-electron chi connectivity index (χ2n) is 6.97. The Hall–Kier alpha value is -3.68. The van der Waals surface area contributed by atoms with E-state index < -0.39 is 24.2 Å². The largest absolute Gasteiger partial charge is 0.479 e. The Kier molecular flexibility index (Phi) is 8.80. The summed E-state index contributed by atoms with van der Waals surface area (Å²) in [5.74, 6) is -1.23. The van der Waals surface area contributed by atoms with Crippen LogP contribution in [0, 0.1) is 0 Å². The summed E-state index contributed by atoms with van der Waals surface area (Å²) in [6, 6.07) is 26.4. The van der Waals surface area contributed by atoms with Gasteiger partial charge in [0, 0.05) is 0 Å². The minimum atomic E-state index is -1.38. The molecular formula is C25H25NO6. The summed E-state index contributed by atoms with van der Waals surface area (Å²) in [4.78, 5) is 24.4. The maximum Gasteiger partial charge on any atom is 0.408 e. The van der Waals surface area contributed by atoms with Crippen LogP contribution in [0.2, 0.25) is 0 Å². The average Bonchev–Trinajstić information content (AvgIpc) is 2.83. The van der Waals surface area contributed by atoms with Crippen molar-refractivity contribution in [3.05, 3.63) is 108 Å². The molecule has 2 atom stereocenters. The van der Waals surface area contributed by atoms with Gasteiger partial charge in [-0.25, -0.2) is 9.59 Å². The molecule has 3 aromatic carbocycles. The van der Waals surface area contributed by atoms with E-state index in [1.807, 2.05) is 60.7 Å². The summed E-state index contributed by atoms with van der Waals surface area (Å²) in [6.45, 7) is 0.0820. The van der Waals surface area contributed by atoms with Crippen molar-refractivity contribution in [2.75, 3.05) is 6.79 Å². The smallest absolute Gasteiger partial charge is 0.408 e. The van der Waals surface area contributed by atoms with Crippen LogP contribution in [0.15, 0.2) is 91.0 Å². The molecule has 1 amide bonds. The fraction of sp³-hybridized carbons (Fsp3) is 0.200. The summed E-state index contributed by atoms with van der Waals surface area (Å²) in [5.41, 5.74) is 2.32. The highest BCUT2D eigenvalue weighted by Gasteiger charge is 2.32. The zero-order valence-corrected chi connectivity index (χ0v) is 17.4. The first-order valence-electron chi connectivity index (χ1n) is 10.1. The number of hydrogen-bond acceptors (Lipinski definition) is 5. The van der Waals surface area contributed by atoms with E-state index in [0.717, 1.165) is 11.1 Å². The second-order valence-corrected chi connectivity index (χ2v) is 6.97. The number of rotatable bonds is 11. The summed E-state index contributed by atoms with van der Waals surface area (Å²) in [7, 11) is 0. The van der Waals surface area contributed by atoms with Gasteiger partial charge in [0.2, 0.25) is 0 Å². The molecule has 1 unspecified atom stereocenters. The third-order valence-corrected chi connectivity index (χ3v) is 4.63. The summed E-state index contributed by atoms with van der Waals surface area (Å²) in [5, 5.41) is 12.4. The van der Waals surface area contributed by atoms with E-state index in [2.05, 4.69) is 5.32 Å². The van der Waals surface area contributed by atoms with Gasteiger partial charge in [0.15, 0.2) is 6.10 Å². The molecular weight excluding hydrogens is 410 g/mol. The Morgan fingerprint density at radius 1 is 0.781 bits per heavy atom. The van der Waals surface area contributed by atoms with Crippen LogP contribution in [0.5, 0.6) is 0 Å². The van der Waals surface area contributed by atoms with Crippen molar-refractivity contribution in [3.8, 4) is 0 Å². The van der Waals surface area contributed by atoms with Crippen molar-refractivity contribution in [1.29, 1.82) is 0 Å². The third-order valence-electron chi connectivity index (χ3n) is 4.63. The van der Waals surface area contributed by atoms with Crippen LogP contribution < -0.4 is 5.32 Å². The molecule has 2 N–H and O–H groups in total. The number of carbonyl (C=O) groups is 2. The van der Waals surface area contributed by atoms with Gasteiger partial charge in [-0.05, 0) is 16.7 Å². The van der Waals surface area contributed by atoms with Crippen molar-refractivity contribution in [3.63, 3.8) is 0 Å². The minimum Gasteiger partial charge on any atom is -0.479 e. The van der Waals surface area contributed by atoms with E-state index in [9.17, 15) is 14.7 Å². The standard InChI is InChI=1S/C25H25NO6/c27-24(28)23(32-18-30-16-19-10-4-1-5-11-19)22(21-14-8-3-9-15-21)26-25(29)31-17-20-12-6-2-7-13-20/h1-15,22-23H,16-18H2,(H,26,29)(H,27,28)/t22-,23?/m0/s1. The number of amides is 1. The second kappa shape index (κ2) is 12.2. The van der Waals surface area contributed by atoms with Crippen molar-refractivity contribution < 1.29 is 28.9 Å². The number of hydrogen-bond donors (Lipinski definition) is 2. The summed E-state index contributed by atoms with van der Waals surface area (Å²) in [6.07, 6.45) is -2.12. The van der Waals surface area contributed by atoms with E-state index in [0.29, 0.717) is 5.56 Å². The summed E-state index contributed by atoms with van der Waals surface area (Å²) >= 11 is 0. The van der Waals surface area contributed by atoms with Gasteiger partial charge in [0.25, 0.3) is 0 Å². The number of carboxylic acid groups (broad SMARTS) is 1. The molecule has 0 fully saturated rings. The van der Waals surface area contributed by atoms with Crippen molar-refractivity contribution >= 4 is 12.1 Å². The molecule has 3 rings (SSSR count). The topological polar surface area (TPSA) is 94.1 Å². The van der Waals surface area contributed by atoms with Gasteiger partial charge in [-0.3, -0.25) is 0 Å². The first-order valence-corrected chi connectivity index (χ1v) is 10.1. The number of alkyl carbamates (subject to hydrolysis) is 1. The third kappa shape index (κ3) is 7.23. The molecule has 0 aliphatic heterocycles. The highest BCUT2D eigenvalue weighted by atomic mass is 16.7. The van der Waals surface area contributed by atoms with Crippen LogP contribution in [0.1, 0.15) is 22.7 Å². The number of benzene rings is 3. The number of ether oxygens (including phenoxy) is 3. The number of carboxylic acids is 1. The number of aliphatic carboxylic acids is 1. The molecule has 0 bridgehead atoms. The molecule has 0 spiro atoms. The fourth-order valence-corrected chi connectivity index (χ4v) is 3.05. The molecule has 0 saturated carbocycles. The zero-order chi connectivity index (χ0) is 22.6. The molecule has 0 aromatic heterocycles. The SMILES string of the molecule is O=C(N[C@@H](c1ccccc1)C(OCOCc1ccccc1)C(=O)O)OCc1ccccc1. The Labute approximate surface area is 186 Å². The van der Waals surface area contributed by atoms with Gasteiger partial charge in [0.05, 0.1) is 12.6 Å². The molecule has 0 aliphatic rings. The average molecular weight is 435 g/mol. The van der Waals surface area contributed by atoms with Crippen LogP contribution in [0.4, 0.5) is 4.79 Å². The van der Waals surface area contributed by atoms with Crippen LogP contribution in [-0.2, 0) is 32.2 Å². The highest BCUT2D eigenvalue weighted by Crippen LogP contribution is 2.20. The predicted molar refractivity (Wildman–Crippen MR) is 118 cm³/mol. The molecule has 3 aromatic rings. The van der Waals surface area contributed by atoms with Crippen LogP contribution in [-0.4, -0.2) is 30.1 Å². The van der Waals surface area contributed by atoms with Gasteiger partial charge < -0.3 is 24.6 Å². The van der Waals surface area contributed by atoms with E-state index in [1.54, 1.807) is 30.3 Å². The number of carbonyl (C=O) groups excluding carboxylic acids is 1. The van der Waals surface area contributed by atoms with Crippen LogP contribution in [0.25, 0.3) is 0 Å². The maximum atomic E-state index is 12.4. The molecule has 0 radical (unpaired) electrons. The van der Waals surface area contributed by atoms with Gasteiger partial charge in [0.1, 0.15) is 13.4 Å². The Morgan fingerprint density at radius 3 is 1.88 bits per heavy atom. The minimum absolute atomic E-state index is 0.0625. The predicted octanol–water partition coefficient (Wildman–Crippen LogP) is 4.30. The van der Waals surface area contributed by atoms with Gasteiger partial charge in [-0.2, -0.15) is 0 Å². The molecule has 0 aliphatic carbocycles. The molecule has 7 nitrogen and oxygen atoms in total. The molecule has 0 saturated heterocycles. The van der Waals surface area contributed by atoms with Crippen molar-refractivity contribution in [2.45, 2.75) is 25.4 Å². The van der Waals surface area contributed by atoms with Gasteiger partial charge >= 0.3 is 12.1 Å². The lowest BCUT2D eigenvalue weighted by atomic mass is 10.0. The quantitative estimate of drug-likeness (QED) is 0.345. The summed E-state index contributed by atoms with van der Waals surface area (Å²) < 4.78 is 16.2. The van der Waals surface area contributed by atoms with E-state index >= 15 is 0 Å². The van der Waals surface area contributed by atoms with E-state index in [1.165, 1.54) is 0 Å². The lowest BCUT2D eigenvalue weighted by Gasteiger charge is -2.25. The molecule has 166 valence electrons. The Bertz CT molecular complexity index is 965. The van der Waals surface area contributed by atoms with Crippen molar-refractivity contribution in [2.24, 2.45) is 0 Å². The maximum absolute atomic E-state index is 12.4.